The number of nitrogens with zero attached hydrogens (tertiary/aromatic N) is 2. The Morgan fingerprint density at radius 3 is 2.67 bits per heavy atom. The van der Waals surface area contributed by atoms with Crippen molar-refractivity contribution in [3.63, 3.8) is 0 Å². The summed E-state index contributed by atoms with van der Waals surface area (Å²) >= 11 is 1.25. The van der Waals surface area contributed by atoms with Gasteiger partial charge in [0.05, 0.1) is 0 Å². The monoisotopic (exact) mass is 229 g/mol. The zero-order chi connectivity index (χ0) is 11.4. The first-order chi connectivity index (χ1) is 7.10. The number of aromatic amines is 1. The molecule has 15 heavy (non-hydrogen) atoms. The Morgan fingerprint density at radius 2 is 2.20 bits per heavy atom. The quantitative estimate of drug-likeness (QED) is 0.782. The molecule has 6 heteroatoms. The van der Waals surface area contributed by atoms with Gasteiger partial charge in [-0.25, -0.2) is 14.2 Å². The van der Waals surface area contributed by atoms with Gasteiger partial charge in [0.15, 0.2) is 5.16 Å². The molecule has 0 saturated heterocycles. The second-order valence-corrected chi connectivity index (χ2v) is 4.14. The maximum atomic E-state index is 11.6. The van der Waals surface area contributed by atoms with E-state index in [1.54, 1.807) is 6.26 Å². The lowest BCUT2D eigenvalue weighted by Crippen LogP contribution is -2.39. The van der Waals surface area contributed by atoms with Crippen molar-refractivity contribution in [2.24, 2.45) is 0 Å². The van der Waals surface area contributed by atoms with E-state index in [0.29, 0.717) is 5.16 Å². The normalized spacial score (nSPS) is 12.7. The van der Waals surface area contributed by atoms with E-state index in [9.17, 15) is 9.59 Å². The Bertz CT molecular complexity index is 406. The third-order valence-corrected chi connectivity index (χ3v) is 2.76. The molecule has 0 aliphatic heterocycles. The van der Waals surface area contributed by atoms with Gasteiger partial charge in [0.1, 0.15) is 0 Å². The van der Waals surface area contributed by atoms with Crippen molar-refractivity contribution in [3.8, 4) is 0 Å². The summed E-state index contributed by atoms with van der Waals surface area (Å²) in [6.07, 6.45) is 3.48. The van der Waals surface area contributed by atoms with E-state index >= 15 is 0 Å². The van der Waals surface area contributed by atoms with Crippen molar-refractivity contribution in [2.75, 3.05) is 6.26 Å². The molecule has 0 radical (unpaired) electrons. The van der Waals surface area contributed by atoms with Crippen LogP contribution in [0.1, 0.15) is 32.7 Å². The lowest BCUT2D eigenvalue weighted by molar-refractivity contribution is 0.447. The summed E-state index contributed by atoms with van der Waals surface area (Å²) in [6.45, 7) is 3.86. The zero-order valence-electron chi connectivity index (χ0n) is 9.11. The van der Waals surface area contributed by atoms with Crippen molar-refractivity contribution < 1.29 is 0 Å². The van der Waals surface area contributed by atoms with Crippen LogP contribution in [-0.4, -0.2) is 20.8 Å². The van der Waals surface area contributed by atoms with Crippen LogP contribution in [0.2, 0.25) is 0 Å². The molecule has 0 amide bonds. The van der Waals surface area contributed by atoms with Crippen LogP contribution in [0, 0.1) is 0 Å². The minimum Gasteiger partial charge on any atom is -0.286 e. The highest BCUT2D eigenvalue weighted by atomic mass is 32.2. The van der Waals surface area contributed by atoms with E-state index in [4.69, 9.17) is 0 Å². The lowest BCUT2D eigenvalue weighted by atomic mass is 10.2. The molecule has 1 atom stereocenters. The van der Waals surface area contributed by atoms with Crippen molar-refractivity contribution in [1.29, 1.82) is 0 Å². The van der Waals surface area contributed by atoms with Crippen LogP contribution < -0.4 is 11.4 Å². The highest BCUT2D eigenvalue weighted by molar-refractivity contribution is 7.98. The first kappa shape index (κ1) is 12.0. The summed E-state index contributed by atoms with van der Waals surface area (Å²) in [4.78, 5) is 29.5. The van der Waals surface area contributed by atoms with Crippen LogP contribution in [0.3, 0.4) is 0 Å². The molecule has 1 heterocycles. The first-order valence-electron chi connectivity index (χ1n) is 4.87. The van der Waals surface area contributed by atoms with Gasteiger partial charge in [-0.2, -0.15) is 4.98 Å². The largest absolute Gasteiger partial charge is 0.354 e. The maximum Gasteiger partial charge on any atom is 0.354 e. The number of hydrogen-bond acceptors (Lipinski definition) is 4. The number of aromatic nitrogens is 3. The Hall–Kier alpha value is -1.04. The van der Waals surface area contributed by atoms with Gasteiger partial charge in [-0.15, -0.1) is 0 Å². The molecule has 1 aromatic heterocycles. The number of H-pyrrole nitrogens is 1. The fraction of sp³-hybridized carbons (Fsp3) is 0.667. The SMILES string of the molecule is CCCC(C)n1c(=O)nc(SC)[nH]c1=O. The third-order valence-electron chi connectivity index (χ3n) is 2.18. The van der Waals surface area contributed by atoms with Gasteiger partial charge in [-0.3, -0.25) is 4.98 Å². The van der Waals surface area contributed by atoms with Gasteiger partial charge < -0.3 is 0 Å². The second-order valence-electron chi connectivity index (χ2n) is 3.34. The van der Waals surface area contributed by atoms with Crippen molar-refractivity contribution in [1.82, 2.24) is 14.5 Å². The Kier molecular flexibility index (Phi) is 4.14. The molecule has 0 aliphatic carbocycles. The maximum absolute atomic E-state index is 11.6. The third kappa shape index (κ3) is 2.71. The van der Waals surface area contributed by atoms with Crippen molar-refractivity contribution >= 4 is 11.8 Å². The zero-order valence-corrected chi connectivity index (χ0v) is 9.93. The van der Waals surface area contributed by atoms with E-state index in [1.165, 1.54) is 16.3 Å². The van der Waals surface area contributed by atoms with Gasteiger partial charge >= 0.3 is 11.4 Å². The van der Waals surface area contributed by atoms with Gasteiger partial charge in [-0.05, 0) is 19.6 Å². The molecule has 1 N–H and O–H groups in total. The standard InChI is InChI=1S/C9H15N3O2S/c1-4-5-6(2)12-8(13)10-7(15-3)11-9(12)14/h6H,4-5H2,1-3H3,(H,10,11,13,14). The highest BCUT2D eigenvalue weighted by Crippen LogP contribution is 2.08. The summed E-state index contributed by atoms with van der Waals surface area (Å²) in [5.74, 6) is 0. The van der Waals surface area contributed by atoms with Crippen LogP contribution in [0.4, 0.5) is 0 Å². The number of hydrogen-bond donors (Lipinski definition) is 1. The van der Waals surface area contributed by atoms with Gasteiger partial charge in [-0.1, -0.05) is 25.1 Å². The van der Waals surface area contributed by atoms with E-state index in [2.05, 4.69) is 9.97 Å². The minimum atomic E-state index is -0.468. The number of thioether (sulfide) groups is 1. The van der Waals surface area contributed by atoms with Gasteiger partial charge in [0.25, 0.3) is 0 Å². The predicted molar refractivity (Wildman–Crippen MR) is 60.5 cm³/mol. The molecule has 0 saturated carbocycles. The van der Waals surface area contributed by atoms with Gasteiger partial charge in [0.2, 0.25) is 0 Å². The van der Waals surface area contributed by atoms with E-state index in [-0.39, 0.29) is 11.7 Å². The topological polar surface area (TPSA) is 67.8 Å². The molecule has 0 fully saturated rings. The predicted octanol–water partition coefficient (Wildman–Crippen LogP) is 1.01. The lowest BCUT2D eigenvalue weighted by Gasteiger charge is -2.11. The van der Waals surface area contributed by atoms with Crippen molar-refractivity contribution in [3.05, 3.63) is 21.0 Å². The first-order valence-corrected chi connectivity index (χ1v) is 6.09. The van der Waals surface area contributed by atoms with Crippen LogP contribution in [0.15, 0.2) is 14.7 Å². The molecule has 5 nitrogen and oxygen atoms in total. The molecule has 1 aromatic rings. The molecule has 0 spiro atoms. The van der Waals surface area contributed by atoms with E-state index in [1.807, 2.05) is 13.8 Å². The molecular weight excluding hydrogens is 214 g/mol. The number of rotatable bonds is 4. The summed E-state index contributed by atoms with van der Waals surface area (Å²) < 4.78 is 1.17. The summed E-state index contributed by atoms with van der Waals surface area (Å²) in [5.41, 5.74) is -0.843. The Balaban J connectivity index is 3.20. The van der Waals surface area contributed by atoms with Crippen LogP contribution in [0.25, 0.3) is 0 Å². The Labute approximate surface area is 91.9 Å². The average molecular weight is 229 g/mol. The average Bonchev–Trinajstić information content (AvgIpc) is 2.16. The van der Waals surface area contributed by atoms with Crippen molar-refractivity contribution in [2.45, 2.75) is 37.9 Å². The van der Waals surface area contributed by atoms with Crippen LogP contribution in [0.5, 0.6) is 0 Å². The fourth-order valence-electron chi connectivity index (χ4n) is 1.44. The summed E-state index contributed by atoms with van der Waals surface area (Å²) in [6, 6.07) is -0.102. The van der Waals surface area contributed by atoms with E-state index in [0.717, 1.165) is 12.8 Å². The minimum absolute atomic E-state index is 0.102. The summed E-state index contributed by atoms with van der Waals surface area (Å²) in [5, 5.41) is 0.366. The molecule has 0 aliphatic rings. The molecule has 84 valence electrons. The van der Waals surface area contributed by atoms with Crippen LogP contribution in [-0.2, 0) is 0 Å². The molecule has 1 rings (SSSR count). The Morgan fingerprint density at radius 1 is 1.53 bits per heavy atom. The molecule has 1 unspecified atom stereocenters. The van der Waals surface area contributed by atoms with Gasteiger partial charge in [0, 0.05) is 6.04 Å². The molecular formula is C9H15N3O2S. The highest BCUT2D eigenvalue weighted by Gasteiger charge is 2.11. The second kappa shape index (κ2) is 5.16. The summed E-state index contributed by atoms with van der Waals surface area (Å²) in [7, 11) is 0. The smallest absolute Gasteiger partial charge is 0.286 e. The number of nitrogens with one attached hydrogen (secondary N) is 1. The van der Waals surface area contributed by atoms with Crippen LogP contribution >= 0.6 is 11.8 Å². The fourth-order valence-corrected chi connectivity index (χ4v) is 1.80. The van der Waals surface area contributed by atoms with E-state index < -0.39 is 5.69 Å². The molecule has 0 bridgehead atoms. The molecule has 0 aromatic carbocycles.